The highest BCUT2D eigenvalue weighted by Crippen LogP contribution is 2.21. The Bertz CT molecular complexity index is 675. The van der Waals surface area contributed by atoms with Crippen LogP contribution in [0.4, 0.5) is 8.78 Å². The fourth-order valence-electron chi connectivity index (χ4n) is 1.69. The second-order valence-electron chi connectivity index (χ2n) is 4.44. The molecule has 0 aliphatic carbocycles. The zero-order valence-electron chi connectivity index (χ0n) is 12.4. The molecule has 0 atom stereocenters. The molecule has 0 aliphatic rings. The van der Waals surface area contributed by atoms with Crippen LogP contribution >= 0.6 is 0 Å². The normalized spacial score (nSPS) is 11.0. The van der Waals surface area contributed by atoms with Crippen molar-refractivity contribution in [3.8, 4) is 5.75 Å². The first-order valence-corrected chi connectivity index (χ1v) is 6.23. The summed E-state index contributed by atoms with van der Waals surface area (Å²) in [7, 11) is 1.21. The van der Waals surface area contributed by atoms with E-state index in [9.17, 15) is 18.4 Å². The molecule has 0 radical (unpaired) electrons. The van der Waals surface area contributed by atoms with Crippen molar-refractivity contribution in [2.24, 2.45) is 11.5 Å². The van der Waals surface area contributed by atoms with E-state index in [4.69, 9.17) is 16.9 Å². The number of benzene rings is 1. The molecule has 5 N–H and O–H groups in total. The highest BCUT2D eigenvalue weighted by atomic mass is 19.1. The Morgan fingerprint density at radius 1 is 1.21 bits per heavy atom. The highest BCUT2D eigenvalue weighted by molar-refractivity contribution is 6.17. The van der Waals surface area contributed by atoms with Crippen LogP contribution in [-0.4, -0.2) is 31.3 Å². The molecule has 1 rings (SSSR count). The van der Waals surface area contributed by atoms with Gasteiger partial charge in [-0.25, -0.2) is 13.6 Å². The van der Waals surface area contributed by atoms with Gasteiger partial charge in [0.1, 0.15) is 28.8 Å². The Morgan fingerprint density at radius 2 is 1.71 bits per heavy atom. The Labute approximate surface area is 137 Å². The number of allylic oxidation sites excluding steroid dienone is 1. The van der Waals surface area contributed by atoms with Gasteiger partial charge in [0, 0.05) is 17.8 Å². The number of ketones is 1. The number of amidine groups is 1. The number of carbonyl (C=O) groups is 2. The minimum absolute atomic E-state index is 0. The second-order valence-corrected chi connectivity index (χ2v) is 4.44. The second kappa shape index (κ2) is 8.61. The van der Waals surface area contributed by atoms with E-state index in [0.29, 0.717) is 0 Å². The predicted octanol–water partition coefficient (Wildman–Crippen LogP) is 1.50. The molecule has 0 bridgehead atoms. The van der Waals surface area contributed by atoms with Crippen molar-refractivity contribution >= 4 is 17.6 Å². The first-order chi connectivity index (χ1) is 10.7. The molecule has 0 aliphatic heterocycles. The molecule has 24 heavy (non-hydrogen) atoms. The molecule has 9 heteroatoms. The molecule has 0 heterocycles. The van der Waals surface area contributed by atoms with Gasteiger partial charge in [0.05, 0.1) is 12.7 Å². The monoisotopic (exact) mass is 343 g/mol. The number of hydrogen-bond donors (Lipinski definition) is 3. The average Bonchev–Trinajstić information content (AvgIpc) is 2.43. The van der Waals surface area contributed by atoms with Gasteiger partial charge >= 0.3 is 5.97 Å². The van der Waals surface area contributed by atoms with Crippen molar-refractivity contribution in [1.29, 1.82) is 5.41 Å². The van der Waals surface area contributed by atoms with E-state index in [1.807, 2.05) is 0 Å². The van der Waals surface area contributed by atoms with Crippen LogP contribution < -0.4 is 16.2 Å². The summed E-state index contributed by atoms with van der Waals surface area (Å²) in [6, 6.07) is 1.64. The van der Waals surface area contributed by atoms with Gasteiger partial charge in [-0.3, -0.25) is 10.2 Å². The number of carbonyl (C=O) groups excluding carboxylic acids is 2. The summed E-state index contributed by atoms with van der Waals surface area (Å²) < 4.78 is 36.7. The number of nitrogens with one attached hydrogen (secondary N) is 1. The number of esters is 1. The first-order valence-electron chi connectivity index (χ1n) is 6.23. The average molecular weight is 343 g/mol. The van der Waals surface area contributed by atoms with Gasteiger partial charge in [-0.15, -0.1) is 0 Å². The summed E-state index contributed by atoms with van der Waals surface area (Å²) in [4.78, 5) is 23.5. The minimum atomic E-state index is -1.15. The molecule has 132 valence electrons. The van der Waals surface area contributed by atoms with E-state index >= 15 is 0 Å². The van der Waals surface area contributed by atoms with Gasteiger partial charge in [-0.05, 0) is 6.92 Å². The summed E-state index contributed by atoms with van der Waals surface area (Å²) in [5.41, 5.74) is 9.16. The molecule has 0 spiro atoms. The fraction of sp³-hybridized carbons (Fsp3) is 0.267. The van der Waals surface area contributed by atoms with Gasteiger partial charge in [0.2, 0.25) is 5.78 Å². The molecule has 0 amide bonds. The molecular weight excluding hydrogens is 324 g/mol. The third kappa shape index (κ3) is 4.77. The number of halogens is 2. The van der Waals surface area contributed by atoms with Crippen molar-refractivity contribution in [2.75, 3.05) is 13.7 Å². The SMILES string of the molecule is C.COc1cc(F)c(C(=O)COC(=O)C(C(=N)N)=C(C)N)c(F)c1. The van der Waals surface area contributed by atoms with E-state index in [1.54, 1.807) is 0 Å². The van der Waals surface area contributed by atoms with Crippen LogP contribution in [0, 0.1) is 17.0 Å². The summed E-state index contributed by atoms with van der Waals surface area (Å²) in [5.74, 6) is -5.30. The third-order valence-electron chi connectivity index (χ3n) is 2.73. The zero-order chi connectivity index (χ0) is 17.7. The van der Waals surface area contributed by atoms with E-state index < -0.39 is 47.0 Å². The number of methoxy groups -OCH3 is 1. The molecule has 0 fully saturated rings. The van der Waals surface area contributed by atoms with Crippen molar-refractivity contribution < 1.29 is 27.8 Å². The first kappa shape index (κ1) is 21.0. The van der Waals surface area contributed by atoms with Gasteiger partial charge in [-0.1, -0.05) is 7.43 Å². The topological polar surface area (TPSA) is 128 Å². The molecule has 1 aromatic rings. The lowest BCUT2D eigenvalue weighted by Gasteiger charge is -2.09. The largest absolute Gasteiger partial charge is 0.497 e. The van der Waals surface area contributed by atoms with Crippen LogP contribution in [0.25, 0.3) is 0 Å². The molecule has 1 aromatic carbocycles. The lowest BCUT2D eigenvalue weighted by atomic mass is 10.1. The van der Waals surface area contributed by atoms with E-state index in [1.165, 1.54) is 14.0 Å². The Kier molecular flexibility index (Phi) is 7.54. The van der Waals surface area contributed by atoms with E-state index in [2.05, 4.69) is 9.47 Å². The molecule has 0 unspecified atom stereocenters. The lowest BCUT2D eigenvalue weighted by Crippen LogP contribution is -2.27. The maximum absolute atomic E-state index is 13.7. The maximum Gasteiger partial charge on any atom is 0.344 e. The zero-order valence-corrected chi connectivity index (χ0v) is 12.4. The van der Waals surface area contributed by atoms with E-state index in [-0.39, 0.29) is 18.9 Å². The van der Waals surface area contributed by atoms with Crippen LogP contribution in [-0.2, 0) is 9.53 Å². The summed E-state index contributed by atoms with van der Waals surface area (Å²) >= 11 is 0. The minimum Gasteiger partial charge on any atom is -0.497 e. The Hall–Kier alpha value is -2.97. The summed E-state index contributed by atoms with van der Waals surface area (Å²) in [6.45, 7) is 0.367. The molecular formula is C15H19F2N3O4. The number of hydrogen-bond acceptors (Lipinski definition) is 6. The number of Topliss-reactive ketones (excluding diaryl/α,β-unsaturated/α-hetero) is 1. The van der Waals surface area contributed by atoms with Gasteiger partial charge < -0.3 is 20.9 Å². The number of ether oxygens (including phenoxy) is 2. The van der Waals surface area contributed by atoms with Gasteiger partial charge in [0.25, 0.3) is 0 Å². The molecule has 0 saturated heterocycles. The highest BCUT2D eigenvalue weighted by Gasteiger charge is 2.23. The smallest absolute Gasteiger partial charge is 0.344 e. The van der Waals surface area contributed by atoms with Crippen LogP contribution in [0.5, 0.6) is 5.75 Å². The molecule has 7 nitrogen and oxygen atoms in total. The maximum atomic E-state index is 13.7. The van der Waals surface area contributed by atoms with Crippen molar-refractivity contribution in [2.45, 2.75) is 14.4 Å². The predicted molar refractivity (Wildman–Crippen MR) is 83.7 cm³/mol. The van der Waals surface area contributed by atoms with Crippen LogP contribution in [0.3, 0.4) is 0 Å². The van der Waals surface area contributed by atoms with Crippen molar-refractivity contribution in [1.82, 2.24) is 0 Å². The number of rotatable bonds is 6. The molecule has 0 aromatic heterocycles. The van der Waals surface area contributed by atoms with Crippen molar-refractivity contribution in [3.05, 3.63) is 40.6 Å². The Balaban J connectivity index is 0.00000529. The Morgan fingerprint density at radius 3 is 2.08 bits per heavy atom. The van der Waals surface area contributed by atoms with Gasteiger partial charge in [-0.2, -0.15) is 0 Å². The van der Waals surface area contributed by atoms with Crippen LogP contribution in [0.1, 0.15) is 24.7 Å². The molecule has 0 saturated carbocycles. The summed E-state index contributed by atoms with van der Waals surface area (Å²) in [5, 5.41) is 7.20. The third-order valence-corrected chi connectivity index (χ3v) is 2.73. The lowest BCUT2D eigenvalue weighted by molar-refractivity contribution is -0.137. The standard InChI is InChI=1S/C14H15F2N3O4.CH4/c1-6(17)11(13(18)19)14(21)23-5-10(20)12-8(15)3-7(22-2)4-9(12)16;/h3-4H,5,17H2,1-2H3,(H3,18,19);1H4. The quantitative estimate of drug-likeness (QED) is 0.236. The van der Waals surface area contributed by atoms with Crippen LogP contribution in [0.15, 0.2) is 23.4 Å². The van der Waals surface area contributed by atoms with Crippen LogP contribution in [0.2, 0.25) is 0 Å². The summed E-state index contributed by atoms with van der Waals surface area (Å²) in [6.07, 6.45) is 0. The van der Waals surface area contributed by atoms with Crippen molar-refractivity contribution in [3.63, 3.8) is 0 Å². The van der Waals surface area contributed by atoms with Gasteiger partial charge in [0.15, 0.2) is 6.61 Å². The number of nitrogens with two attached hydrogens (primary N) is 2. The van der Waals surface area contributed by atoms with E-state index in [0.717, 1.165) is 12.1 Å². The fourth-order valence-corrected chi connectivity index (χ4v) is 1.69.